The molecule has 2 N–H and O–H groups in total. The molecule has 3 nitrogen and oxygen atoms in total. The predicted octanol–water partition coefficient (Wildman–Crippen LogP) is 3.00. The predicted molar refractivity (Wildman–Crippen MR) is 67.6 cm³/mol. The zero-order chi connectivity index (χ0) is 12.2. The highest BCUT2D eigenvalue weighted by atomic mass is 16.3. The summed E-state index contributed by atoms with van der Waals surface area (Å²) in [4.78, 5) is 4.50. The van der Waals surface area contributed by atoms with Gasteiger partial charge in [-0.05, 0) is 25.5 Å². The van der Waals surface area contributed by atoms with E-state index in [1.54, 1.807) is 6.26 Å². The van der Waals surface area contributed by atoms with Gasteiger partial charge in [-0.15, -0.1) is 0 Å². The van der Waals surface area contributed by atoms with Crippen LogP contribution < -0.4 is 5.73 Å². The van der Waals surface area contributed by atoms with Crippen molar-refractivity contribution in [3.63, 3.8) is 0 Å². The lowest BCUT2D eigenvalue weighted by Gasteiger charge is -2.19. The van der Waals surface area contributed by atoms with Crippen LogP contribution in [-0.2, 0) is 6.42 Å². The number of aliphatic imine (C=N–C) groups is 1. The fraction of sp³-hybridized carbons (Fsp3) is 0.615. The van der Waals surface area contributed by atoms with E-state index in [-0.39, 0.29) is 11.5 Å². The molecule has 0 fully saturated rings. The van der Waals surface area contributed by atoms with Gasteiger partial charge in [-0.1, -0.05) is 20.8 Å². The minimum absolute atomic E-state index is 0.0427. The fourth-order valence-electron chi connectivity index (χ4n) is 1.30. The van der Waals surface area contributed by atoms with Crippen molar-refractivity contribution in [3.8, 4) is 0 Å². The summed E-state index contributed by atoms with van der Waals surface area (Å²) in [6.45, 7) is 8.31. The standard InChI is InChI=1S/C13H22N2O/c1-10(15-12(14)13(2,3)4)7-8-11-6-5-9-16-11/h5-6,9-10H,7-8H2,1-4H3,(H2,14,15). The van der Waals surface area contributed by atoms with Gasteiger partial charge >= 0.3 is 0 Å². The van der Waals surface area contributed by atoms with Crippen LogP contribution in [0.25, 0.3) is 0 Å². The summed E-state index contributed by atoms with van der Waals surface area (Å²) in [6, 6.07) is 4.14. The van der Waals surface area contributed by atoms with Crippen LogP contribution in [0.4, 0.5) is 0 Å². The summed E-state index contributed by atoms with van der Waals surface area (Å²) in [5.41, 5.74) is 5.88. The molecule has 1 rings (SSSR count). The van der Waals surface area contributed by atoms with Crippen molar-refractivity contribution in [3.05, 3.63) is 24.2 Å². The Kier molecular flexibility index (Phi) is 4.16. The van der Waals surface area contributed by atoms with Crippen molar-refractivity contribution in [2.45, 2.75) is 46.6 Å². The molecule has 16 heavy (non-hydrogen) atoms. The number of hydrogen-bond acceptors (Lipinski definition) is 2. The number of rotatable bonds is 4. The molecule has 1 heterocycles. The second-order valence-corrected chi connectivity index (χ2v) is 5.23. The Balaban J connectivity index is 2.44. The van der Waals surface area contributed by atoms with E-state index in [2.05, 4.69) is 32.7 Å². The summed E-state index contributed by atoms with van der Waals surface area (Å²) in [5, 5.41) is 0. The second kappa shape index (κ2) is 5.19. The molecule has 0 amide bonds. The second-order valence-electron chi connectivity index (χ2n) is 5.23. The molecule has 1 unspecified atom stereocenters. The van der Waals surface area contributed by atoms with Crippen molar-refractivity contribution in [1.29, 1.82) is 0 Å². The van der Waals surface area contributed by atoms with Crippen LogP contribution >= 0.6 is 0 Å². The summed E-state index contributed by atoms with van der Waals surface area (Å²) in [6.07, 6.45) is 3.58. The highest BCUT2D eigenvalue weighted by molar-refractivity contribution is 5.85. The summed E-state index contributed by atoms with van der Waals surface area (Å²) in [5.74, 6) is 1.73. The van der Waals surface area contributed by atoms with E-state index in [1.165, 1.54) is 0 Å². The third-order valence-corrected chi connectivity index (χ3v) is 2.52. The molecule has 0 aliphatic heterocycles. The Bertz CT molecular complexity index is 333. The molecule has 1 aromatic rings. The first kappa shape index (κ1) is 12.8. The lowest BCUT2D eigenvalue weighted by molar-refractivity contribution is 0.489. The van der Waals surface area contributed by atoms with Crippen molar-refractivity contribution in [2.24, 2.45) is 16.1 Å². The fourth-order valence-corrected chi connectivity index (χ4v) is 1.30. The number of aryl methyl sites for hydroxylation is 1. The van der Waals surface area contributed by atoms with Gasteiger partial charge in [0, 0.05) is 17.9 Å². The van der Waals surface area contributed by atoms with E-state index in [0.717, 1.165) is 24.4 Å². The minimum atomic E-state index is -0.0427. The van der Waals surface area contributed by atoms with Crippen molar-refractivity contribution >= 4 is 5.84 Å². The SMILES string of the molecule is CC(CCc1ccco1)N=C(N)C(C)(C)C. The van der Waals surface area contributed by atoms with E-state index in [0.29, 0.717) is 0 Å². The van der Waals surface area contributed by atoms with Crippen LogP contribution in [0.2, 0.25) is 0 Å². The highest BCUT2D eigenvalue weighted by Crippen LogP contribution is 2.15. The zero-order valence-corrected chi connectivity index (χ0v) is 10.7. The largest absolute Gasteiger partial charge is 0.469 e. The van der Waals surface area contributed by atoms with Gasteiger partial charge in [0.1, 0.15) is 5.76 Å². The quantitative estimate of drug-likeness (QED) is 0.629. The first-order chi connectivity index (χ1) is 7.39. The van der Waals surface area contributed by atoms with E-state index in [9.17, 15) is 0 Å². The van der Waals surface area contributed by atoms with E-state index in [1.807, 2.05) is 12.1 Å². The van der Waals surface area contributed by atoms with Crippen molar-refractivity contribution < 1.29 is 4.42 Å². The Hall–Kier alpha value is -1.25. The third-order valence-electron chi connectivity index (χ3n) is 2.52. The number of nitrogens with two attached hydrogens (primary N) is 1. The lowest BCUT2D eigenvalue weighted by Crippen LogP contribution is -2.30. The van der Waals surface area contributed by atoms with Crippen LogP contribution in [-0.4, -0.2) is 11.9 Å². The molecular formula is C13H22N2O. The monoisotopic (exact) mass is 222 g/mol. The molecule has 90 valence electrons. The van der Waals surface area contributed by atoms with E-state index < -0.39 is 0 Å². The number of nitrogens with zero attached hydrogens (tertiary/aromatic N) is 1. The smallest absolute Gasteiger partial charge is 0.103 e. The first-order valence-electron chi connectivity index (χ1n) is 5.75. The van der Waals surface area contributed by atoms with Crippen LogP contribution in [0.3, 0.4) is 0 Å². The Labute approximate surface area is 97.7 Å². The molecule has 0 aromatic carbocycles. The van der Waals surface area contributed by atoms with Crippen molar-refractivity contribution in [2.75, 3.05) is 0 Å². The molecule has 0 aliphatic rings. The highest BCUT2D eigenvalue weighted by Gasteiger charge is 2.16. The Morgan fingerprint density at radius 3 is 2.69 bits per heavy atom. The molecule has 0 bridgehead atoms. The van der Waals surface area contributed by atoms with Crippen LogP contribution in [0.1, 0.15) is 39.9 Å². The van der Waals surface area contributed by atoms with Gasteiger partial charge in [-0.25, -0.2) is 0 Å². The molecule has 0 saturated carbocycles. The maximum atomic E-state index is 5.93. The minimum Gasteiger partial charge on any atom is -0.469 e. The normalized spacial score (nSPS) is 15.1. The Morgan fingerprint density at radius 2 is 2.19 bits per heavy atom. The number of amidine groups is 1. The summed E-state index contributed by atoms with van der Waals surface area (Å²) >= 11 is 0. The molecule has 0 saturated heterocycles. The average molecular weight is 222 g/mol. The molecule has 1 atom stereocenters. The molecule has 1 aromatic heterocycles. The van der Waals surface area contributed by atoms with Gasteiger partial charge in [-0.2, -0.15) is 0 Å². The van der Waals surface area contributed by atoms with Crippen LogP contribution in [0, 0.1) is 5.41 Å². The molecule has 0 radical (unpaired) electrons. The summed E-state index contributed by atoms with van der Waals surface area (Å²) in [7, 11) is 0. The zero-order valence-electron chi connectivity index (χ0n) is 10.7. The van der Waals surface area contributed by atoms with Gasteiger partial charge in [0.2, 0.25) is 0 Å². The van der Waals surface area contributed by atoms with Crippen LogP contribution in [0.15, 0.2) is 27.8 Å². The number of hydrogen-bond donors (Lipinski definition) is 1. The van der Waals surface area contributed by atoms with Gasteiger partial charge in [-0.3, -0.25) is 4.99 Å². The van der Waals surface area contributed by atoms with Crippen molar-refractivity contribution in [1.82, 2.24) is 0 Å². The van der Waals surface area contributed by atoms with Gasteiger partial charge in [0.05, 0.1) is 12.1 Å². The average Bonchev–Trinajstić information content (AvgIpc) is 2.65. The molecule has 0 spiro atoms. The van der Waals surface area contributed by atoms with Gasteiger partial charge in [0.25, 0.3) is 0 Å². The maximum absolute atomic E-state index is 5.93. The lowest BCUT2D eigenvalue weighted by atomic mass is 9.95. The van der Waals surface area contributed by atoms with Gasteiger partial charge < -0.3 is 10.2 Å². The maximum Gasteiger partial charge on any atom is 0.103 e. The summed E-state index contributed by atoms with van der Waals surface area (Å²) < 4.78 is 5.28. The third kappa shape index (κ3) is 4.09. The topological polar surface area (TPSA) is 51.5 Å². The van der Waals surface area contributed by atoms with Crippen LogP contribution in [0.5, 0.6) is 0 Å². The van der Waals surface area contributed by atoms with E-state index >= 15 is 0 Å². The molecule has 0 aliphatic carbocycles. The molecular weight excluding hydrogens is 200 g/mol. The Morgan fingerprint density at radius 1 is 1.50 bits per heavy atom. The molecule has 3 heteroatoms. The van der Waals surface area contributed by atoms with Gasteiger partial charge in [0.15, 0.2) is 0 Å². The number of furan rings is 1. The first-order valence-corrected chi connectivity index (χ1v) is 5.75. The van der Waals surface area contributed by atoms with E-state index in [4.69, 9.17) is 10.2 Å².